The van der Waals surface area contributed by atoms with Gasteiger partial charge in [-0.15, -0.1) is 12.4 Å². The van der Waals surface area contributed by atoms with E-state index in [0.29, 0.717) is 17.8 Å². The van der Waals surface area contributed by atoms with Crippen LogP contribution in [-0.2, 0) is 4.74 Å². The third-order valence-electron chi connectivity index (χ3n) is 3.23. The Hall–Kier alpha value is -1.26. The number of nitrogen functional groups attached to an aromatic ring is 1. The zero-order valence-corrected chi connectivity index (χ0v) is 12.2. The van der Waals surface area contributed by atoms with Gasteiger partial charge in [-0.05, 0) is 38.0 Å². The summed E-state index contributed by atoms with van der Waals surface area (Å²) < 4.78 is 5.55. The number of aryl methyl sites for hydroxylation is 1. The highest BCUT2D eigenvalue weighted by Crippen LogP contribution is 2.17. The van der Waals surface area contributed by atoms with E-state index < -0.39 is 0 Å². The second-order valence-corrected chi connectivity index (χ2v) is 4.86. The van der Waals surface area contributed by atoms with Crippen LogP contribution >= 0.6 is 12.4 Å². The van der Waals surface area contributed by atoms with Crippen molar-refractivity contribution >= 4 is 24.0 Å². The topological polar surface area (TPSA) is 55.6 Å². The van der Waals surface area contributed by atoms with E-state index in [0.717, 1.165) is 25.1 Å². The summed E-state index contributed by atoms with van der Waals surface area (Å²) in [6.07, 6.45) is 0.982. The van der Waals surface area contributed by atoms with Gasteiger partial charge in [-0.25, -0.2) is 0 Å². The van der Waals surface area contributed by atoms with Crippen LogP contribution in [0.4, 0.5) is 5.69 Å². The Balaban J connectivity index is 0.00000180. The lowest BCUT2D eigenvalue weighted by Crippen LogP contribution is -2.36. The summed E-state index contributed by atoms with van der Waals surface area (Å²) in [6, 6.07) is 5.47. The Kier molecular flexibility index (Phi) is 5.63. The zero-order valence-electron chi connectivity index (χ0n) is 11.4. The van der Waals surface area contributed by atoms with Crippen molar-refractivity contribution in [2.24, 2.45) is 0 Å². The number of hydrogen-bond acceptors (Lipinski definition) is 3. The summed E-state index contributed by atoms with van der Waals surface area (Å²) in [5.74, 6) is 0.0529. The van der Waals surface area contributed by atoms with Gasteiger partial charge in [-0.2, -0.15) is 0 Å². The van der Waals surface area contributed by atoms with Crippen molar-refractivity contribution in [2.45, 2.75) is 26.4 Å². The van der Waals surface area contributed by atoms with Crippen LogP contribution in [-0.4, -0.2) is 36.6 Å². The molecule has 5 heteroatoms. The van der Waals surface area contributed by atoms with Crippen molar-refractivity contribution in [1.82, 2.24) is 4.90 Å². The Labute approximate surface area is 120 Å². The fourth-order valence-corrected chi connectivity index (χ4v) is 2.22. The third kappa shape index (κ3) is 3.85. The molecule has 4 nitrogen and oxygen atoms in total. The molecule has 1 aromatic rings. The fraction of sp³-hybridized carbons (Fsp3) is 0.500. The number of carbonyl (C=O) groups is 1. The fourth-order valence-electron chi connectivity index (χ4n) is 2.22. The SMILES string of the molecule is Cc1ccc(N)cc1C(=O)N1CCCOC(C)C1.Cl. The summed E-state index contributed by atoms with van der Waals surface area (Å²) in [4.78, 5) is 14.3. The largest absolute Gasteiger partial charge is 0.399 e. The van der Waals surface area contributed by atoms with Gasteiger partial charge < -0.3 is 15.4 Å². The van der Waals surface area contributed by atoms with Gasteiger partial charge in [-0.1, -0.05) is 6.07 Å². The monoisotopic (exact) mass is 284 g/mol. The van der Waals surface area contributed by atoms with E-state index in [1.807, 2.05) is 30.9 Å². The number of halogens is 1. The van der Waals surface area contributed by atoms with Gasteiger partial charge in [0.05, 0.1) is 6.10 Å². The van der Waals surface area contributed by atoms with Crippen LogP contribution < -0.4 is 5.73 Å². The van der Waals surface area contributed by atoms with Crippen molar-refractivity contribution in [2.75, 3.05) is 25.4 Å². The lowest BCUT2D eigenvalue weighted by atomic mass is 10.1. The number of rotatable bonds is 1. The molecular weight excluding hydrogens is 264 g/mol. The molecule has 1 aliphatic heterocycles. The van der Waals surface area contributed by atoms with Crippen LogP contribution in [0.3, 0.4) is 0 Å². The second kappa shape index (κ2) is 6.78. The Morgan fingerprint density at radius 2 is 2.21 bits per heavy atom. The number of ether oxygens (including phenoxy) is 1. The predicted molar refractivity (Wildman–Crippen MR) is 78.8 cm³/mol. The molecule has 0 bridgehead atoms. The van der Waals surface area contributed by atoms with Crippen LogP contribution in [0.15, 0.2) is 18.2 Å². The lowest BCUT2D eigenvalue weighted by molar-refractivity contribution is 0.0562. The van der Waals surface area contributed by atoms with Crippen LogP contribution in [0.5, 0.6) is 0 Å². The minimum atomic E-state index is 0. The van der Waals surface area contributed by atoms with Gasteiger partial charge in [0.1, 0.15) is 0 Å². The molecule has 1 amide bonds. The number of anilines is 1. The van der Waals surface area contributed by atoms with Crippen molar-refractivity contribution in [1.29, 1.82) is 0 Å². The molecule has 19 heavy (non-hydrogen) atoms. The average Bonchev–Trinajstić information content (AvgIpc) is 2.56. The van der Waals surface area contributed by atoms with E-state index in [4.69, 9.17) is 10.5 Å². The molecule has 1 fully saturated rings. The van der Waals surface area contributed by atoms with E-state index in [-0.39, 0.29) is 24.4 Å². The minimum absolute atomic E-state index is 0. The summed E-state index contributed by atoms with van der Waals surface area (Å²) in [5.41, 5.74) is 8.05. The van der Waals surface area contributed by atoms with Crippen molar-refractivity contribution < 1.29 is 9.53 Å². The van der Waals surface area contributed by atoms with E-state index in [2.05, 4.69) is 0 Å². The van der Waals surface area contributed by atoms with E-state index >= 15 is 0 Å². The minimum Gasteiger partial charge on any atom is -0.399 e. The molecule has 0 aromatic heterocycles. The molecule has 1 aliphatic rings. The number of amides is 1. The summed E-state index contributed by atoms with van der Waals surface area (Å²) in [7, 11) is 0. The molecule has 2 rings (SSSR count). The van der Waals surface area contributed by atoms with Crippen LogP contribution in [0.2, 0.25) is 0 Å². The summed E-state index contributed by atoms with van der Waals surface area (Å²) in [6.45, 7) is 6.05. The Morgan fingerprint density at radius 3 is 2.95 bits per heavy atom. The molecule has 1 atom stereocenters. The van der Waals surface area contributed by atoms with Gasteiger partial charge in [-0.3, -0.25) is 4.79 Å². The molecule has 0 spiro atoms. The molecule has 0 saturated carbocycles. The predicted octanol–water partition coefficient (Wildman–Crippen LogP) is 2.25. The van der Waals surface area contributed by atoms with Crippen LogP contribution in [0.25, 0.3) is 0 Å². The highest BCUT2D eigenvalue weighted by atomic mass is 35.5. The van der Waals surface area contributed by atoms with Gasteiger partial charge in [0.15, 0.2) is 0 Å². The van der Waals surface area contributed by atoms with Crippen LogP contribution in [0, 0.1) is 6.92 Å². The summed E-state index contributed by atoms with van der Waals surface area (Å²) in [5, 5.41) is 0. The lowest BCUT2D eigenvalue weighted by Gasteiger charge is -2.23. The number of carbonyl (C=O) groups excluding carboxylic acids is 1. The molecule has 1 aromatic carbocycles. The number of nitrogens with zero attached hydrogens (tertiary/aromatic N) is 1. The maximum Gasteiger partial charge on any atom is 0.254 e. The van der Waals surface area contributed by atoms with E-state index in [1.165, 1.54) is 0 Å². The van der Waals surface area contributed by atoms with E-state index in [1.54, 1.807) is 6.07 Å². The molecule has 0 aliphatic carbocycles. The molecule has 1 unspecified atom stereocenters. The normalized spacial score (nSPS) is 19.5. The standard InChI is InChI=1S/C14H20N2O2.ClH/c1-10-4-5-12(15)8-13(10)14(17)16-6-3-7-18-11(2)9-16;/h4-5,8,11H,3,6-7,9,15H2,1-2H3;1H. The Bertz CT molecular complexity index is 451. The molecule has 1 saturated heterocycles. The summed E-state index contributed by atoms with van der Waals surface area (Å²) >= 11 is 0. The average molecular weight is 285 g/mol. The third-order valence-corrected chi connectivity index (χ3v) is 3.23. The second-order valence-electron chi connectivity index (χ2n) is 4.86. The highest BCUT2D eigenvalue weighted by molar-refractivity contribution is 5.96. The zero-order chi connectivity index (χ0) is 13.1. The first-order valence-corrected chi connectivity index (χ1v) is 6.35. The number of benzene rings is 1. The maximum absolute atomic E-state index is 12.5. The quantitative estimate of drug-likeness (QED) is 0.805. The number of hydrogen-bond donors (Lipinski definition) is 1. The smallest absolute Gasteiger partial charge is 0.254 e. The molecule has 1 heterocycles. The van der Waals surface area contributed by atoms with Crippen molar-refractivity contribution in [3.05, 3.63) is 29.3 Å². The van der Waals surface area contributed by atoms with Crippen molar-refractivity contribution in [3.8, 4) is 0 Å². The number of nitrogens with two attached hydrogens (primary N) is 1. The first kappa shape index (κ1) is 15.8. The first-order chi connectivity index (χ1) is 8.58. The van der Waals surface area contributed by atoms with E-state index in [9.17, 15) is 4.79 Å². The highest BCUT2D eigenvalue weighted by Gasteiger charge is 2.22. The first-order valence-electron chi connectivity index (χ1n) is 6.35. The maximum atomic E-state index is 12.5. The molecular formula is C14H21ClN2O2. The van der Waals surface area contributed by atoms with Gasteiger partial charge in [0.2, 0.25) is 0 Å². The van der Waals surface area contributed by atoms with Crippen LogP contribution in [0.1, 0.15) is 29.3 Å². The molecule has 2 N–H and O–H groups in total. The van der Waals surface area contributed by atoms with Gasteiger partial charge in [0.25, 0.3) is 5.91 Å². The van der Waals surface area contributed by atoms with Crippen molar-refractivity contribution in [3.63, 3.8) is 0 Å². The molecule has 0 radical (unpaired) electrons. The van der Waals surface area contributed by atoms with Gasteiger partial charge >= 0.3 is 0 Å². The Morgan fingerprint density at radius 1 is 1.47 bits per heavy atom. The molecule has 106 valence electrons. The van der Waals surface area contributed by atoms with Gasteiger partial charge in [0, 0.05) is 30.9 Å².